The summed E-state index contributed by atoms with van der Waals surface area (Å²) < 4.78 is 1.76. The highest BCUT2D eigenvalue weighted by atomic mass is 16.1. The minimum Gasteiger partial charge on any atom is -0.349 e. The number of amides is 1. The summed E-state index contributed by atoms with van der Waals surface area (Å²) in [5.74, 6) is -0.232. The fraction of sp³-hybridized carbons (Fsp3) is 0.294. The first-order valence-corrected chi connectivity index (χ1v) is 7.14. The first-order valence-electron chi connectivity index (χ1n) is 7.14. The lowest BCUT2D eigenvalue weighted by Gasteiger charge is -2.13. The van der Waals surface area contributed by atoms with Crippen molar-refractivity contribution in [3.63, 3.8) is 0 Å². The largest absolute Gasteiger partial charge is 0.349 e. The predicted octanol–water partition coefficient (Wildman–Crippen LogP) is 1.95. The number of carbonyl (C=O) groups is 1. The molecule has 0 aliphatic carbocycles. The van der Waals surface area contributed by atoms with Crippen molar-refractivity contribution in [2.75, 3.05) is 27.2 Å². The van der Waals surface area contributed by atoms with Crippen molar-refractivity contribution in [1.82, 2.24) is 14.8 Å². The van der Waals surface area contributed by atoms with Gasteiger partial charge >= 0.3 is 0 Å². The lowest BCUT2D eigenvalue weighted by atomic mass is 10.2. The Kier molecular flexibility index (Phi) is 4.97. The van der Waals surface area contributed by atoms with Gasteiger partial charge in [0.15, 0.2) is 0 Å². The molecular weight excluding hydrogens is 276 g/mol. The Hall–Kier alpha value is -2.58. The maximum Gasteiger partial charge on any atom is 0.269 e. The summed E-state index contributed by atoms with van der Waals surface area (Å²) >= 11 is 0. The van der Waals surface area contributed by atoms with Gasteiger partial charge in [0.1, 0.15) is 11.8 Å². The van der Waals surface area contributed by atoms with Gasteiger partial charge in [0, 0.05) is 25.0 Å². The van der Waals surface area contributed by atoms with Gasteiger partial charge < -0.3 is 14.8 Å². The van der Waals surface area contributed by atoms with Gasteiger partial charge in [-0.2, -0.15) is 5.26 Å². The van der Waals surface area contributed by atoms with Crippen molar-refractivity contribution in [3.05, 3.63) is 53.3 Å². The summed E-state index contributed by atoms with van der Waals surface area (Å²) in [6.07, 6.45) is 1.76. The third-order valence-corrected chi connectivity index (χ3v) is 3.35. The number of nitrogens with one attached hydrogen (secondary N) is 1. The standard InChI is InChI=1S/C17H20N4O/c1-13-5-4-6-15(11-13)21-9-7-14(12-18)16(21)17(22)19-8-10-20(2)3/h4-7,9,11H,8,10H2,1-3H3,(H,19,22). The quantitative estimate of drug-likeness (QED) is 0.917. The Labute approximate surface area is 130 Å². The first-order chi connectivity index (χ1) is 10.5. The van der Waals surface area contributed by atoms with E-state index in [-0.39, 0.29) is 5.91 Å². The van der Waals surface area contributed by atoms with Crippen LogP contribution in [0, 0.1) is 18.3 Å². The molecule has 0 saturated carbocycles. The maximum absolute atomic E-state index is 12.4. The maximum atomic E-state index is 12.4. The van der Waals surface area contributed by atoms with Crippen LogP contribution in [0.15, 0.2) is 36.5 Å². The highest BCUT2D eigenvalue weighted by molar-refractivity contribution is 5.95. The average Bonchev–Trinajstić information content (AvgIpc) is 2.90. The molecule has 22 heavy (non-hydrogen) atoms. The summed E-state index contributed by atoms with van der Waals surface area (Å²) in [4.78, 5) is 14.4. The topological polar surface area (TPSA) is 61.1 Å². The molecule has 0 fully saturated rings. The summed E-state index contributed by atoms with van der Waals surface area (Å²) in [5, 5.41) is 12.1. The van der Waals surface area contributed by atoms with Crippen LogP contribution < -0.4 is 5.32 Å². The molecule has 0 aliphatic rings. The molecule has 0 atom stereocenters. The monoisotopic (exact) mass is 296 g/mol. The molecule has 1 aromatic carbocycles. The average molecular weight is 296 g/mol. The summed E-state index contributed by atoms with van der Waals surface area (Å²) in [7, 11) is 3.89. The van der Waals surface area contributed by atoms with Crippen molar-refractivity contribution in [3.8, 4) is 11.8 Å². The first kappa shape index (κ1) is 15.8. The number of carbonyl (C=O) groups excluding carboxylic acids is 1. The number of hydrogen-bond acceptors (Lipinski definition) is 3. The predicted molar refractivity (Wildman–Crippen MR) is 86.1 cm³/mol. The van der Waals surface area contributed by atoms with Crippen molar-refractivity contribution in [2.45, 2.75) is 6.92 Å². The number of rotatable bonds is 5. The zero-order chi connectivity index (χ0) is 16.1. The summed E-state index contributed by atoms with van der Waals surface area (Å²) in [6, 6.07) is 11.6. The Morgan fingerprint density at radius 3 is 2.77 bits per heavy atom. The van der Waals surface area contributed by atoms with Crippen LogP contribution in [0.3, 0.4) is 0 Å². The normalized spacial score (nSPS) is 10.5. The number of aryl methyl sites for hydroxylation is 1. The minimum absolute atomic E-state index is 0.232. The second-order valence-corrected chi connectivity index (χ2v) is 5.46. The molecule has 2 rings (SSSR count). The molecule has 0 aliphatic heterocycles. The molecule has 1 amide bonds. The second-order valence-electron chi connectivity index (χ2n) is 5.46. The second kappa shape index (κ2) is 6.92. The fourth-order valence-electron chi connectivity index (χ4n) is 2.22. The molecule has 1 aromatic heterocycles. The van der Waals surface area contributed by atoms with Gasteiger partial charge in [-0.1, -0.05) is 12.1 Å². The van der Waals surface area contributed by atoms with Gasteiger partial charge in [0.25, 0.3) is 5.91 Å². The number of nitrogens with zero attached hydrogens (tertiary/aromatic N) is 3. The third kappa shape index (κ3) is 3.54. The minimum atomic E-state index is -0.232. The lowest BCUT2D eigenvalue weighted by Crippen LogP contribution is -2.32. The van der Waals surface area contributed by atoms with E-state index in [9.17, 15) is 10.1 Å². The zero-order valence-electron chi connectivity index (χ0n) is 13.1. The number of aromatic nitrogens is 1. The van der Waals surface area contributed by atoms with Crippen molar-refractivity contribution < 1.29 is 4.79 Å². The summed E-state index contributed by atoms with van der Waals surface area (Å²) in [5.41, 5.74) is 2.73. The van der Waals surface area contributed by atoms with Crippen LogP contribution in [0.2, 0.25) is 0 Å². The molecule has 0 spiro atoms. The number of hydrogen-bond donors (Lipinski definition) is 1. The Morgan fingerprint density at radius 1 is 1.36 bits per heavy atom. The molecule has 0 radical (unpaired) electrons. The summed E-state index contributed by atoms with van der Waals surface area (Å²) in [6.45, 7) is 3.28. The highest BCUT2D eigenvalue weighted by Crippen LogP contribution is 2.18. The van der Waals surface area contributed by atoms with Gasteiger partial charge in [-0.15, -0.1) is 0 Å². The molecule has 0 bridgehead atoms. The Bertz CT molecular complexity index is 710. The van der Waals surface area contributed by atoms with Gasteiger partial charge in [0.2, 0.25) is 0 Å². The van der Waals surface area contributed by atoms with E-state index in [1.54, 1.807) is 16.8 Å². The van der Waals surface area contributed by atoms with Crippen LogP contribution in [0.5, 0.6) is 0 Å². The highest BCUT2D eigenvalue weighted by Gasteiger charge is 2.18. The van der Waals surface area contributed by atoms with Crippen LogP contribution in [0.25, 0.3) is 5.69 Å². The molecule has 114 valence electrons. The number of benzene rings is 1. The van der Waals surface area contributed by atoms with E-state index in [0.717, 1.165) is 17.8 Å². The van der Waals surface area contributed by atoms with Crippen LogP contribution in [0.1, 0.15) is 21.6 Å². The number of nitriles is 1. The van der Waals surface area contributed by atoms with E-state index in [0.29, 0.717) is 17.8 Å². The van der Waals surface area contributed by atoms with Gasteiger partial charge in [-0.3, -0.25) is 4.79 Å². The van der Waals surface area contributed by atoms with Gasteiger partial charge in [-0.05, 0) is 44.8 Å². The van der Waals surface area contributed by atoms with E-state index < -0.39 is 0 Å². The Balaban J connectivity index is 2.32. The van der Waals surface area contributed by atoms with Crippen LogP contribution in [-0.2, 0) is 0 Å². The van der Waals surface area contributed by atoms with Crippen LogP contribution in [0.4, 0.5) is 0 Å². The molecule has 5 heteroatoms. The van der Waals surface area contributed by atoms with Crippen LogP contribution >= 0.6 is 0 Å². The van der Waals surface area contributed by atoms with Gasteiger partial charge in [-0.25, -0.2) is 0 Å². The lowest BCUT2D eigenvalue weighted by molar-refractivity contribution is 0.0944. The van der Waals surface area contributed by atoms with Crippen molar-refractivity contribution >= 4 is 5.91 Å². The molecule has 2 aromatic rings. The smallest absolute Gasteiger partial charge is 0.269 e. The Morgan fingerprint density at radius 2 is 2.14 bits per heavy atom. The van der Waals surface area contributed by atoms with Crippen LogP contribution in [-0.4, -0.2) is 42.6 Å². The molecule has 0 saturated heterocycles. The van der Waals surface area contributed by atoms with E-state index in [1.807, 2.05) is 50.2 Å². The molecule has 1 heterocycles. The number of likely N-dealkylation sites (N-methyl/N-ethyl adjacent to an activating group) is 1. The van der Waals surface area contributed by atoms with E-state index in [1.165, 1.54) is 0 Å². The zero-order valence-corrected chi connectivity index (χ0v) is 13.1. The van der Waals surface area contributed by atoms with Crippen molar-refractivity contribution in [1.29, 1.82) is 5.26 Å². The third-order valence-electron chi connectivity index (χ3n) is 3.35. The SMILES string of the molecule is Cc1cccc(-n2ccc(C#N)c2C(=O)NCCN(C)C)c1. The molecule has 5 nitrogen and oxygen atoms in total. The molecule has 1 N–H and O–H groups in total. The molecule has 0 unspecified atom stereocenters. The molecular formula is C17H20N4O. The van der Waals surface area contributed by atoms with Crippen molar-refractivity contribution in [2.24, 2.45) is 0 Å². The van der Waals surface area contributed by atoms with E-state index in [2.05, 4.69) is 11.4 Å². The van der Waals surface area contributed by atoms with E-state index in [4.69, 9.17) is 0 Å². The fourth-order valence-corrected chi connectivity index (χ4v) is 2.22. The van der Waals surface area contributed by atoms with Gasteiger partial charge in [0.05, 0.1) is 5.56 Å². The van der Waals surface area contributed by atoms with E-state index >= 15 is 0 Å².